The van der Waals surface area contributed by atoms with Gasteiger partial charge in [-0.05, 0) is 70.6 Å². The summed E-state index contributed by atoms with van der Waals surface area (Å²) in [5, 5.41) is 0. The van der Waals surface area contributed by atoms with Gasteiger partial charge >= 0.3 is 0 Å². The van der Waals surface area contributed by atoms with Crippen LogP contribution in [0.15, 0.2) is 12.1 Å². The Morgan fingerprint density at radius 2 is 1.83 bits per heavy atom. The van der Waals surface area contributed by atoms with E-state index in [-0.39, 0.29) is 11.2 Å². The molecule has 2 heterocycles. The first-order chi connectivity index (χ1) is 10.9. The lowest BCUT2D eigenvalue weighted by Crippen LogP contribution is -2.53. The third-order valence-electron chi connectivity index (χ3n) is 6.35. The Morgan fingerprint density at radius 3 is 2.57 bits per heavy atom. The molecule has 2 bridgehead atoms. The van der Waals surface area contributed by atoms with Crippen molar-refractivity contribution >= 4 is 0 Å². The van der Waals surface area contributed by atoms with Crippen LogP contribution in [0.2, 0.25) is 0 Å². The Kier molecular flexibility index (Phi) is 3.44. The standard InChI is InChI=1S/C21H30O2/c1-5-6-7-8-14-11-17-19-15-13-21(4,23-18(19)12-14)10-9-16(15)20(2,3)22-17/h11-12,15-16H,5-10,13H2,1-4H3/t15?,16-,21-/m0/s1. The van der Waals surface area contributed by atoms with E-state index in [1.54, 1.807) is 0 Å². The first kappa shape index (κ1) is 15.4. The molecule has 1 aliphatic carbocycles. The minimum atomic E-state index is -0.0599. The zero-order valence-corrected chi connectivity index (χ0v) is 15.1. The number of benzene rings is 1. The Labute approximate surface area is 140 Å². The van der Waals surface area contributed by atoms with Crippen LogP contribution in [-0.2, 0) is 6.42 Å². The SMILES string of the molecule is CCCCCc1cc2c3c(c1)O[C@@]1(C)CC[C@@H](C3C1)C(C)(C)O2. The van der Waals surface area contributed by atoms with Crippen LogP contribution in [-0.4, -0.2) is 11.2 Å². The largest absolute Gasteiger partial charge is 0.487 e. The van der Waals surface area contributed by atoms with Gasteiger partial charge in [-0.1, -0.05) is 19.8 Å². The predicted octanol–water partition coefficient (Wildman–Crippen LogP) is 5.63. The summed E-state index contributed by atoms with van der Waals surface area (Å²) in [7, 11) is 0. The van der Waals surface area contributed by atoms with Crippen molar-refractivity contribution in [3.05, 3.63) is 23.3 Å². The summed E-state index contributed by atoms with van der Waals surface area (Å²) in [6, 6.07) is 4.61. The fourth-order valence-corrected chi connectivity index (χ4v) is 5.14. The Hall–Kier alpha value is -1.18. The average molecular weight is 314 g/mol. The Bertz CT molecular complexity index is 601. The molecule has 2 nitrogen and oxygen atoms in total. The van der Waals surface area contributed by atoms with Gasteiger partial charge in [0.25, 0.3) is 0 Å². The van der Waals surface area contributed by atoms with E-state index < -0.39 is 0 Å². The highest BCUT2D eigenvalue weighted by Crippen LogP contribution is 2.60. The minimum absolute atomic E-state index is 0.0287. The zero-order chi connectivity index (χ0) is 16.2. The third kappa shape index (κ3) is 2.45. The predicted molar refractivity (Wildman–Crippen MR) is 93.5 cm³/mol. The molecule has 3 aliphatic rings. The molecule has 0 spiro atoms. The van der Waals surface area contributed by atoms with Gasteiger partial charge in [-0.3, -0.25) is 0 Å². The molecule has 2 aliphatic heterocycles. The second-order valence-corrected chi connectivity index (χ2v) is 8.68. The molecule has 3 atom stereocenters. The van der Waals surface area contributed by atoms with Gasteiger partial charge in [0, 0.05) is 17.4 Å². The average Bonchev–Trinajstić information content (AvgIpc) is 2.45. The summed E-state index contributed by atoms with van der Waals surface area (Å²) >= 11 is 0. The molecule has 1 aromatic rings. The highest BCUT2D eigenvalue weighted by Gasteiger charge is 2.54. The lowest BCUT2D eigenvalue weighted by Gasteiger charge is -2.55. The van der Waals surface area contributed by atoms with Crippen LogP contribution in [0.5, 0.6) is 11.5 Å². The van der Waals surface area contributed by atoms with E-state index in [1.807, 2.05) is 0 Å². The first-order valence-electron chi connectivity index (χ1n) is 9.47. The number of hydrogen-bond acceptors (Lipinski definition) is 2. The van der Waals surface area contributed by atoms with Crippen LogP contribution < -0.4 is 9.47 Å². The number of hydrogen-bond donors (Lipinski definition) is 0. The molecule has 1 saturated carbocycles. The molecule has 126 valence electrons. The van der Waals surface area contributed by atoms with Gasteiger partial charge in [0.2, 0.25) is 0 Å². The van der Waals surface area contributed by atoms with Crippen molar-refractivity contribution in [2.75, 3.05) is 0 Å². The van der Waals surface area contributed by atoms with Crippen molar-refractivity contribution in [2.24, 2.45) is 5.92 Å². The Balaban J connectivity index is 1.76. The summed E-state index contributed by atoms with van der Waals surface area (Å²) in [5.74, 6) is 3.45. The Morgan fingerprint density at radius 1 is 1.09 bits per heavy atom. The van der Waals surface area contributed by atoms with Crippen LogP contribution >= 0.6 is 0 Å². The summed E-state index contributed by atoms with van der Waals surface area (Å²) in [6.07, 6.45) is 8.45. The second kappa shape index (κ2) is 5.16. The van der Waals surface area contributed by atoms with Crippen molar-refractivity contribution in [1.82, 2.24) is 0 Å². The quantitative estimate of drug-likeness (QED) is 0.671. The summed E-state index contributed by atoms with van der Waals surface area (Å²) in [6.45, 7) is 9.12. The van der Waals surface area contributed by atoms with Crippen molar-refractivity contribution < 1.29 is 9.47 Å². The van der Waals surface area contributed by atoms with Crippen LogP contribution in [0.1, 0.15) is 83.3 Å². The molecule has 2 heteroatoms. The molecule has 23 heavy (non-hydrogen) atoms. The molecule has 4 rings (SSSR count). The van der Waals surface area contributed by atoms with Gasteiger partial charge in [-0.25, -0.2) is 0 Å². The molecule has 1 aromatic carbocycles. The van der Waals surface area contributed by atoms with E-state index in [9.17, 15) is 0 Å². The second-order valence-electron chi connectivity index (χ2n) is 8.68. The summed E-state index contributed by atoms with van der Waals surface area (Å²) in [5.41, 5.74) is 2.71. The molecule has 1 fully saturated rings. The van der Waals surface area contributed by atoms with Crippen LogP contribution in [0.25, 0.3) is 0 Å². The molecule has 0 amide bonds. The monoisotopic (exact) mass is 314 g/mol. The summed E-state index contributed by atoms with van der Waals surface area (Å²) in [4.78, 5) is 0. The maximum absolute atomic E-state index is 6.49. The number of unbranched alkanes of at least 4 members (excludes halogenated alkanes) is 2. The van der Waals surface area contributed by atoms with E-state index in [4.69, 9.17) is 9.47 Å². The normalized spacial score (nSPS) is 32.9. The molecule has 0 radical (unpaired) electrons. The molecular weight excluding hydrogens is 284 g/mol. The van der Waals surface area contributed by atoms with E-state index in [0.717, 1.165) is 30.8 Å². The van der Waals surface area contributed by atoms with E-state index in [2.05, 4.69) is 39.8 Å². The first-order valence-corrected chi connectivity index (χ1v) is 9.47. The fraction of sp³-hybridized carbons (Fsp3) is 0.714. The van der Waals surface area contributed by atoms with E-state index >= 15 is 0 Å². The van der Waals surface area contributed by atoms with Gasteiger partial charge in [-0.2, -0.15) is 0 Å². The van der Waals surface area contributed by atoms with Crippen LogP contribution in [0.4, 0.5) is 0 Å². The van der Waals surface area contributed by atoms with Crippen molar-refractivity contribution in [2.45, 2.75) is 89.8 Å². The molecular formula is C21H30O2. The van der Waals surface area contributed by atoms with Crippen LogP contribution in [0, 0.1) is 5.92 Å². The third-order valence-corrected chi connectivity index (χ3v) is 6.35. The number of ether oxygens (including phenoxy) is 2. The topological polar surface area (TPSA) is 18.5 Å². The molecule has 0 aromatic heterocycles. The maximum Gasteiger partial charge on any atom is 0.127 e. The van der Waals surface area contributed by atoms with Crippen LogP contribution in [0.3, 0.4) is 0 Å². The molecule has 0 saturated heterocycles. The zero-order valence-electron chi connectivity index (χ0n) is 15.1. The van der Waals surface area contributed by atoms with Gasteiger partial charge in [-0.15, -0.1) is 0 Å². The van der Waals surface area contributed by atoms with E-state index in [1.165, 1.54) is 36.8 Å². The van der Waals surface area contributed by atoms with Gasteiger partial charge in [0.15, 0.2) is 0 Å². The van der Waals surface area contributed by atoms with Crippen molar-refractivity contribution in [3.8, 4) is 11.5 Å². The number of aryl methyl sites for hydroxylation is 1. The maximum atomic E-state index is 6.49. The number of rotatable bonds is 4. The van der Waals surface area contributed by atoms with Gasteiger partial charge in [0.1, 0.15) is 22.7 Å². The minimum Gasteiger partial charge on any atom is -0.487 e. The molecule has 0 N–H and O–H groups in total. The summed E-state index contributed by atoms with van der Waals surface area (Å²) < 4.78 is 13.0. The lowest BCUT2D eigenvalue weighted by molar-refractivity contribution is -0.0727. The van der Waals surface area contributed by atoms with Gasteiger partial charge < -0.3 is 9.47 Å². The van der Waals surface area contributed by atoms with Crippen molar-refractivity contribution in [3.63, 3.8) is 0 Å². The van der Waals surface area contributed by atoms with Crippen molar-refractivity contribution in [1.29, 1.82) is 0 Å². The molecule has 1 unspecified atom stereocenters. The highest BCUT2D eigenvalue weighted by atomic mass is 16.5. The van der Waals surface area contributed by atoms with Gasteiger partial charge in [0.05, 0.1) is 0 Å². The highest BCUT2D eigenvalue weighted by molar-refractivity contribution is 5.54. The fourth-order valence-electron chi connectivity index (χ4n) is 5.14. The number of fused-ring (bicyclic) bond motifs is 1. The van der Waals surface area contributed by atoms with E-state index in [0.29, 0.717) is 11.8 Å². The lowest BCUT2D eigenvalue weighted by atomic mass is 9.61. The smallest absolute Gasteiger partial charge is 0.127 e.